The summed E-state index contributed by atoms with van der Waals surface area (Å²) in [6.45, 7) is 8.91. The summed E-state index contributed by atoms with van der Waals surface area (Å²) in [5, 5.41) is 12.2. The van der Waals surface area contributed by atoms with E-state index in [2.05, 4.69) is 19.2 Å². The second-order valence-corrected chi connectivity index (χ2v) is 8.14. The maximum Gasteiger partial charge on any atom is 0.307 e. The monoisotopic (exact) mass is 295 g/mol. The van der Waals surface area contributed by atoms with Crippen LogP contribution in [0, 0.1) is 28.6 Å². The number of carboxylic acid groups (broad SMARTS) is 1. The van der Waals surface area contributed by atoms with E-state index in [4.69, 9.17) is 0 Å². The van der Waals surface area contributed by atoms with Gasteiger partial charge in [-0.15, -0.1) is 0 Å². The molecule has 120 valence electrons. The first-order valence-electron chi connectivity index (χ1n) is 8.20. The lowest BCUT2D eigenvalue weighted by Gasteiger charge is -2.31. The topological polar surface area (TPSA) is 66.4 Å². The van der Waals surface area contributed by atoms with Gasteiger partial charge in [0.25, 0.3) is 0 Å². The molecule has 0 bridgehead atoms. The van der Waals surface area contributed by atoms with Gasteiger partial charge in [-0.2, -0.15) is 0 Å². The van der Waals surface area contributed by atoms with Crippen molar-refractivity contribution < 1.29 is 14.7 Å². The molecule has 0 aliphatic heterocycles. The molecule has 0 aromatic heterocycles. The van der Waals surface area contributed by atoms with Crippen LogP contribution in [0.1, 0.15) is 59.8 Å². The normalized spacial score (nSPS) is 29.4. The van der Waals surface area contributed by atoms with Crippen LogP contribution in [0.15, 0.2) is 0 Å². The minimum atomic E-state index is -0.849. The lowest BCUT2D eigenvalue weighted by atomic mass is 9.78. The van der Waals surface area contributed by atoms with Crippen molar-refractivity contribution in [3.63, 3.8) is 0 Å². The Morgan fingerprint density at radius 3 is 2.19 bits per heavy atom. The lowest BCUT2D eigenvalue weighted by Crippen LogP contribution is -2.38. The molecule has 2 atom stereocenters. The molecule has 0 spiro atoms. The third-order valence-electron chi connectivity index (χ3n) is 5.52. The number of carbonyl (C=O) groups excluding carboxylic acids is 1. The van der Waals surface area contributed by atoms with E-state index in [1.165, 1.54) is 25.7 Å². The summed E-state index contributed by atoms with van der Waals surface area (Å²) < 4.78 is 0. The largest absolute Gasteiger partial charge is 0.481 e. The van der Waals surface area contributed by atoms with Crippen molar-refractivity contribution in [2.24, 2.45) is 28.6 Å². The average molecular weight is 295 g/mol. The van der Waals surface area contributed by atoms with E-state index in [1.54, 1.807) is 0 Å². The summed E-state index contributed by atoms with van der Waals surface area (Å²) in [5.74, 6) is -1.18. The Kier molecular flexibility index (Phi) is 4.36. The van der Waals surface area contributed by atoms with Crippen molar-refractivity contribution in [2.75, 3.05) is 6.54 Å². The first-order valence-corrected chi connectivity index (χ1v) is 8.20. The van der Waals surface area contributed by atoms with Crippen molar-refractivity contribution in [1.82, 2.24) is 5.32 Å². The molecule has 4 nitrogen and oxygen atoms in total. The van der Waals surface area contributed by atoms with Gasteiger partial charge in [-0.25, -0.2) is 0 Å². The van der Waals surface area contributed by atoms with Crippen molar-refractivity contribution in [1.29, 1.82) is 0 Å². The van der Waals surface area contributed by atoms with Crippen molar-refractivity contribution in [3.8, 4) is 0 Å². The van der Waals surface area contributed by atoms with Crippen molar-refractivity contribution in [2.45, 2.75) is 59.8 Å². The van der Waals surface area contributed by atoms with Crippen LogP contribution in [0.3, 0.4) is 0 Å². The molecule has 0 aromatic carbocycles. The predicted octanol–water partition coefficient (Wildman–Crippen LogP) is 3.07. The zero-order valence-corrected chi connectivity index (χ0v) is 13.7. The Hall–Kier alpha value is -1.06. The Bertz CT molecular complexity index is 422. The van der Waals surface area contributed by atoms with Crippen LogP contribution in [0.4, 0.5) is 0 Å². The van der Waals surface area contributed by atoms with E-state index in [0.717, 1.165) is 6.42 Å². The van der Waals surface area contributed by atoms with E-state index in [-0.39, 0.29) is 17.2 Å². The quantitative estimate of drug-likeness (QED) is 0.791. The molecular weight excluding hydrogens is 266 g/mol. The third kappa shape index (κ3) is 3.24. The molecule has 2 aliphatic rings. The van der Waals surface area contributed by atoms with Crippen LogP contribution in [0.5, 0.6) is 0 Å². The number of rotatable bonds is 6. The summed E-state index contributed by atoms with van der Waals surface area (Å²) in [7, 11) is 0. The Morgan fingerprint density at radius 2 is 1.76 bits per heavy atom. The number of hydrogen-bond acceptors (Lipinski definition) is 2. The van der Waals surface area contributed by atoms with Crippen molar-refractivity contribution >= 4 is 11.9 Å². The maximum atomic E-state index is 12.3. The number of hydrogen-bond donors (Lipinski definition) is 2. The van der Waals surface area contributed by atoms with Gasteiger partial charge in [0.2, 0.25) is 5.91 Å². The summed E-state index contributed by atoms with van der Waals surface area (Å²) in [4.78, 5) is 23.5. The molecule has 2 rings (SSSR count). The fraction of sp³-hybridized carbons (Fsp3) is 0.882. The molecule has 4 heteroatoms. The first-order chi connectivity index (χ1) is 9.69. The fourth-order valence-electron chi connectivity index (χ4n) is 4.42. The molecule has 2 aliphatic carbocycles. The smallest absolute Gasteiger partial charge is 0.307 e. The fourth-order valence-corrected chi connectivity index (χ4v) is 4.42. The van der Waals surface area contributed by atoms with Gasteiger partial charge in [0, 0.05) is 6.54 Å². The van der Waals surface area contributed by atoms with E-state index in [9.17, 15) is 14.7 Å². The predicted molar refractivity (Wildman–Crippen MR) is 81.8 cm³/mol. The highest BCUT2D eigenvalue weighted by Crippen LogP contribution is 2.58. The number of amides is 1. The Morgan fingerprint density at radius 1 is 1.19 bits per heavy atom. The molecule has 1 amide bonds. The summed E-state index contributed by atoms with van der Waals surface area (Å²) in [6.07, 6.45) is 6.00. The third-order valence-corrected chi connectivity index (χ3v) is 5.52. The maximum absolute atomic E-state index is 12.3. The molecule has 0 radical (unpaired) electrons. The standard InChI is InChI=1S/C17H29NO3/c1-11(2)9-17(7-5-6-8-17)10-18-14(19)12-13(15(20)21)16(12,3)4/h11-13H,5-10H2,1-4H3,(H,18,19)(H,20,21)/t12-,13+/m1/s1. The van der Waals surface area contributed by atoms with Crippen LogP contribution in [-0.4, -0.2) is 23.5 Å². The zero-order chi connectivity index (χ0) is 15.8. The number of aliphatic carboxylic acids is 1. The van der Waals surface area contributed by atoms with Gasteiger partial charge in [-0.1, -0.05) is 40.5 Å². The van der Waals surface area contributed by atoms with Gasteiger partial charge in [-0.3, -0.25) is 9.59 Å². The molecule has 2 saturated carbocycles. The van der Waals surface area contributed by atoms with Crippen LogP contribution < -0.4 is 5.32 Å². The molecular formula is C17H29NO3. The minimum Gasteiger partial charge on any atom is -0.481 e. The zero-order valence-electron chi connectivity index (χ0n) is 13.7. The van der Waals surface area contributed by atoms with Crippen molar-refractivity contribution in [3.05, 3.63) is 0 Å². The second-order valence-electron chi connectivity index (χ2n) is 8.14. The molecule has 2 N–H and O–H groups in total. The molecule has 0 aromatic rings. The summed E-state index contributed by atoms with van der Waals surface area (Å²) in [6, 6.07) is 0. The van der Waals surface area contributed by atoms with Gasteiger partial charge in [0.05, 0.1) is 11.8 Å². The Labute approximate surface area is 127 Å². The highest BCUT2D eigenvalue weighted by atomic mass is 16.4. The van der Waals surface area contributed by atoms with E-state index >= 15 is 0 Å². The van der Waals surface area contributed by atoms with Gasteiger partial charge < -0.3 is 10.4 Å². The van der Waals surface area contributed by atoms with Crippen LogP contribution in [0.25, 0.3) is 0 Å². The SMILES string of the molecule is CC(C)CC1(CNC(=O)[C@H]2[C@@H](C(=O)O)C2(C)C)CCCC1. The highest BCUT2D eigenvalue weighted by molar-refractivity contribution is 5.91. The van der Waals surface area contributed by atoms with E-state index < -0.39 is 17.3 Å². The molecule has 0 saturated heterocycles. The molecule has 0 unspecified atom stereocenters. The first kappa shape index (κ1) is 16.3. The van der Waals surface area contributed by atoms with Crippen LogP contribution in [0.2, 0.25) is 0 Å². The number of carboxylic acids is 1. The Balaban J connectivity index is 1.93. The summed E-state index contributed by atoms with van der Waals surface area (Å²) in [5.41, 5.74) is -0.168. The van der Waals surface area contributed by atoms with E-state index in [1.807, 2.05) is 13.8 Å². The van der Waals surface area contributed by atoms with Gasteiger partial charge >= 0.3 is 5.97 Å². The minimum absolute atomic E-state index is 0.0672. The molecule has 0 heterocycles. The number of nitrogens with one attached hydrogen (secondary N) is 1. The second kappa shape index (κ2) is 5.62. The highest BCUT2D eigenvalue weighted by Gasteiger charge is 2.65. The molecule has 21 heavy (non-hydrogen) atoms. The van der Waals surface area contributed by atoms with Gasteiger partial charge in [0.1, 0.15) is 0 Å². The van der Waals surface area contributed by atoms with Crippen LogP contribution >= 0.6 is 0 Å². The van der Waals surface area contributed by atoms with E-state index in [0.29, 0.717) is 12.5 Å². The molecule has 2 fully saturated rings. The van der Waals surface area contributed by atoms with Gasteiger partial charge in [-0.05, 0) is 36.0 Å². The average Bonchev–Trinajstić information content (AvgIpc) is 2.71. The van der Waals surface area contributed by atoms with Gasteiger partial charge in [0.15, 0.2) is 0 Å². The summed E-state index contributed by atoms with van der Waals surface area (Å²) >= 11 is 0. The number of carbonyl (C=O) groups is 2. The van der Waals surface area contributed by atoms with Crippen LogP contribution in [-0.2, 0) is 9.59 Å². The lowest BCUT2D eigenvalue weighted by molar-refractivity contribution is -0.140.